The van der Waals surface area contributed by atoms with Crippen LogP contribution in [0.3, 0.4) is 0 Å². The molecule has 6 heteroatoms. The first kappa shape index (κ1) is 20.7. The second-order valence-corrected chi connectivity index (χ2v) is 7.45. The van der Waals surface area contributed by atoms with Crippen LogP contribution in [0.1, 0.15) is 44.2 Å². The molecule has 0 radical (unpaired) electrons. The Morgan fingerprint density at radius 1 is 1.27 bits per heavy atom. The van der Waals surface area contributed by atoms with E-state index in [0.29, 0.717) is 25.4 Å². The van der Waals surface area contributed by atoms with Gasteiger partial charge >= 0.3 is 0 Å². The molecule has 1 aromatic rings. The Balaban J connectivity index is 0.00000243. The summed E-state index contributed by atoms with van der Waals surface area (Å²) in [6, 6.07) is 7.68. The Morgan fingerprint density at radius 2 is 1.92 bits per heavy atom. The molecule has 1 saturated carbocycles. The molecule has 144 valence electrons. The van der Waals surface area contributed by atoms with Crippen LogP contribution < -0.4 is 11.1 Å². The van der Waals surface area contributed by atoms with Gasteiger partial charge in [0.2, 0.25) is 11.8 Å². The Kier molecular flexibility index (Phi) is 7.07. The molecular formula is C20H30ClN3O2. The summed E-state index contributed by atoms with van der Waals surface area (Å²) in [5.74, 6) is 0.430. The van der Waals surface area contributed by atoms with E-state index in [1.807, 2.05) is 32.0 Å². The predicted molar refractivity (Wildman–Crippen MR) is 105 cm³/mol. The number of carbonyl (C=O) groups excluding carboxylic acids is 2. The van der Waals surface area contributed by atoms with Gasteiger partial charge in [0, 0.05) is 31.5 Å². The molecule has 26 heavy (non-hydrogen) atoms. The van der Waals surface area contributed by atoms with Crippen LogP contribution in [0.4, 0.5) is 0 Å². The maximum atomic E-state index is 13.0. The number of benzene rings is 1. The number of amides is 2. The molecule has 1 fully saturated rings. The molecule has 1 heterocycles. The fourth-order valence-electron chi connectivity index (χ4n) is 3.59. The fraction of sp³-hybridized carbons (Fsp3) is 0.600. The van der Waals surface area contributed by atoms with Crippen LogP contribution in [-0.2, 0) is 22.6 Å². The van der Waals surface area contributed by atoms with Gasteiger partial charge < -0.3 is 16.0 Å². The molecule has 1 aromatic carbocycles. The maximum absolute atomic E-state index is 13.0. The number of nitrogens with two attached hydrogens (primary N) is 1. The highest BCUT2D eigenvalue weighted by atomic mass is 35.5. The van der Waals surface area contributed by atoms with Crippen molar-refractivity contribution < 1.29 is 9.59 Å². The molecule has 3 N–H and O–H groups in total. The molecule has 3 atom stereocenters. The van der Waals surface area contributed by atoms with Crippen molar-refractivity contribution >= 4 is 24.2 Å². The number of halogens is 1. The number of fused-ring (bicyclic) bond motifs is 1. The first-order valence-corrected chi connectivity index (χ1v) is 9.42. The van der Waals surface area contributed by atoms with E-state index in [4.69, 9.17) is 5.73 Å². The minimum Gasteiger partial charge on any atom is -0.350 e. The molecule has 3 unspecified atom stereocenters. The first-order chi connectivity index (χ1) is 12.0. The summed E-state index contributed by atoms with van der Waals surface area (Å²) in [4.78, 5) is 27.6. The fourth-order valence-corrected chi connectivity index (χ4v) is 3.59. The van der Waals surface area contributed by atoms with Crippen molar-refractivity contribution in [2.75, 3.05) is 6.54 Å². The van der Waals surface area contributed by atoms with E-state index in [1.165, 1.54) is 0 Å². The highest BCUT2D eigenvalue weighted by molar-refractivity contribution is 5.89. The monoisotopic (exact) mass is 379 g/mol. The van der Waals surface area contributed by atoms with Crippen molar-refractivity contribution in [3.8, 4) is 0 Å². The first-order valence-electron chi connectivity index (χ1n) is 9.42. The third-order valence-electron chi connectivity index (χ3n) is 5.64. The lowest BCUT2D eigenvalue weighted by Crippen LogP contribution is -2.56. The van der Waals surface area contributed by atoms with Crippen LogP contribution in [0.15, 0.2) is 24.3 Å². The summed E-state index contributed by atoms with van der Waals surface area (Å²) < 4.78 is 0. The summed E-state index contributed by atoms with van der Waals surface area (Å²) in [7, 11) is 0. The van der Waals surface area contributed by atoms with Crippen LogP contribution in [0, 0.1) is 11.8 Å². The number of nitrogens with one attached hydrogen (secondary N) is 1. The Labute approximate surface area is 162 Å². The lowest BCUT2D eigenvalue weighted by molar-refractivity contribution is -0.145. The van der Waals surface area contributed by atoms with Gasteiger partial charge in [-0.3, -0.25) is 9.59 Å². The van der Waals surface area contributed by atoms with Crippen LogP contribution in [0.25, 0.3) is 0 Å². The van der Waals surface area contributed by atoms with Crippen molar-refractivity contribution in [3.63, 3.8) is 0 Å². The highest BCUT2D eigenvalue weighted by Crippen LogP contribution is 2.32. The van der Waals surface area contributed by atoms with Gasteiger partial charge in [0.1, 0.15) is 6.04 Å². The van der Waals surface area contributed by atoms with E-state index in [-0.39, 0.29) is 36.2 Å². The van der Waals surface area contributed by atoms with Gasteiger partial charge in [-0.2, -0.15) is 0 Å². The second-order valence-electron chi connectivity index (χ2n) is 7.45. The molecule has 0 spiro atoms. The van der Waals surface area contributed by atoms with Gasteiger partial charge in [-0.1, -0.05) is 38.1 Å². The van der Waals surface area contributed by atoms with Crippen LogP contribution in [0.5, 0.6) is 0 Å². The smallest absolute Gasteiger partial charge is 0.243 e. The molecule has 3 rings (SSSR count). The van der Waals surface area contributed by atoms with Crippen molar-refractivity contribution in [1.29, 1.82) is 0 Å². The quantitative estimate of drug-likeness (QED) is 0.796. The maximum Gasteiger partial charge on any atom is 0.243 e. The summed E-state index contributed by atoms with van der Waals surface area (Å²) >= 11 is 0. The second kappa shape index (κ2) is 8.87. The van der Waals surface area contributed by atoms with E-state index in [1.54, 1.807) is 4.90 Å². The molecule has 1 aliphatic carbocycles. The lowest BCUT2D eigenvalue weighted by Gasteiger charge is -2.38. The number of rotatable bonds is 6. The normalized spacial score (nSPS) is 21.2. The molecule has 0 saturated heterocycles. The third-order valence-corrected chi connectivity index (χ3v) is 5.64. The van der Waals surface area contributed by atoms with Gasteiger partial charge in [0.05, 0.1) is 0 Å². The Bertz CT molecular complexity index is 648. The number of hydrogen-bond acceptors (Lipinski definition) is 3. The predicted octanol–water partition coefficient (Wildman–Crippen LogP) is 2.26. The summed E-state index contributed by atoms with van der Waals surface area (Å²) in [6.45, 7) is 4.91. The zero-order chi connectivity index (χ0) is 18.0. The average Bonchev–Trinajstić information content (AvgIpc) is 3.48. The Hall–Kier alpha value is -1.59. The third kappa shape index (κ3) is 4.38. The standard InChI is InChI=1S/C20H29N3O2.ClH/c1-3-13(2)20(25)23-12-16-7-5-4-6-15(16)10-18(23)19(24)22-17(11-21)14-8-9-14;/h4-7,13-14,17-18H,3,8-12,21H2,1-2H3,(H,22,24);1H. The molecule has 2 amide bonds. The van der Waals surface area contributed by atoms with E-state index < -0.39 is 6.04 Å². The van der Waals surface area contributed by atoms with Crippen LogP contribution in [-0.4, -0.2) is 35.3 Å². The highest BCUT2D eigenvalue weighted by Gasteiger charge is 2.38. The van der Waals surface area contributed by atoms with Crippen molar-refractivity contribution in [2.45, 2.75) is 58.2 Å². The minimum absolute atomic E-state index is 0. The molecule has 0 bridgehead atoms. The van der Waals surface area contributed by atoms with Crippen molar-refractivity contribution in [1.82, 2.24) is 10.2 Å². The van der Waals surface area contributed by atoms with Gasteiger partial charge in [0.25, 0.3) is 0 Å². The number of nitrogens with zero attached hydrogens (tertiary/aromatic N) is 1. The molecule has 1 aliphatic heterocycles. The topological polar surface area (TPSA) is 75.4 Å². The van der Waals surface area contributed by atoms with Gasteiger partial charge in [-0.05, 0) is 36.3 Å². The van der Waals surface area contributed by atoms with Crippen molar-refractivity contribution in [2.24, 2.45) is 17.6 Å². The van der Waals surface area contributed by atoms with E-state index in [0.717, 1.165) is 30.4 Å². The largest absolute Gasteiger partial charge is 0.350 e. The number of hydrogen-bond donors (Lipinski definition) is 2. The minimum atomic E-state index is -0.441. The average molecular weight is 380 g/mol. The van der Waals surface area contributed by atoms with E-state index in [2.05, 4.69) is 11.4 Å². The zero-order valence-corrected chi connectivity index (χ0v) is 16.4. The number of carbonyl (C=O) groups is 2. The summed E-state index contributed by atoms with van der Waals surface area (Å²) in [5, 5.41) is 3.11. The van der Waals surface area contributed by atoms with Crippen LogP contribution >= 0.6 is 12.4 Å². The van der Waals surface area contributed by atoms with Crippen LogP contribution in [0.2, 0.25) is 0 Å². The van der Waals surface area contributed by atoms with Crippen molar-refractivity contribution in [3.05, 3.63) is 35.4 Å². The summed E-state index contributed by atoms with van der Waals surface area (Å²) in [6.07, 6.45) is 3.61. The molecule has 0 aromatic heterocycles. The van der Waals surface area contributed by atoms with Gasteiger partial charge in [-0.25, -0.2) is 0 Å². The van der Waals surface area contributed by atoms with E-state index >= 15 is 0 Å². The molecular weight excluding hydrogens is 350 g/mol. The van der Waals surface area contributed by atoms with Gasteiger partial charge in [-0.15, -0.1) is 12.4 Å². The van der Waals surface area contributed by atoms with Gasteiger partial charge in [0.15, 0.2) is 0 Å². The zero-order valence-electron chi connectivity index (χ0n) is 15.6. The Morgan fingerprint density at radius 3 is 2.50 bits per heavy atom. The molecule has 2 aliphatic rings. The lowest BCUT2D eigenvalue weighted by atomic mass is 9.91. The summed E-state index contributed by atoms with van der Waals surface area (Å²) in [5.41, 5.74) is 8.14. The van der Waals surface area contributed by atoms with E-state index in [9.17, 15) is 9.59 Å². The SMILES string of the molecule is CCC(C)C(=O)N1Cc2ccccc2CC1C(=O)NC(CN)C1CC1.Cl. The molecule has 5 nitrogen and oxygen atoms in total.